The van der Waals surface area contributed by atoms with Gasteiger partial charge in [-0.2, -0.15) is 0 Å². The zero-order valence-electron chi connectivity index (χ0n) is 15.4. The maximum absolute atomic E-state index is 11.8. The summed E-state index contributed by atoms with van der Waals surface area (Å²) in [6, 6.07) is 8.34. The fourth-order valence-electron chi connectivity index (χ4n) is 4.22. The van der Waals surface area contributed by atoms with E-state index in [4.69, 9.17) is 0 Å². The molecule has 136 valence electrons. The van der Waals surface area contributed by atoms with Gasteiger partial charge in [-0.05, 0) is 50.3 Å². The van der Waals surface area contributed by atoms with Gasteiger partial charge in [0.25, 0.3) is 0 Å². The van der Waals surface area contributed by atoms with Crippen LogP contribution in [0, 0.1) is 0 Å². The third-order valence-electron chi connectivity index (χ3n) is 5.50. The molecule has 2 unspecified atom stereocenters. The molecule has 1 aliphatic rings. The number of carboxylic acid groups (broad SMARTS) is 1. The van der Waals surface area contributed by atoms with Crippen molar-refractivity contribution in [1.82, 2.24) is 9.88 Å². The van der Waals surface area contributed by atoms with Crippen LogP contribution in [-0.4, -0.2) is 28.2 Å². The van der Waals surface area contributed by atoms with Gasteiger partial charge in [0.2, 0.25) is 0 Å². The van der Waals surface area contributed by atoms with E-state index in [1.807, 2.05) is 13.0 Å². The van der Waals surface area contributed by atoms with E-state index in [1.165, 1.54) is 35.9 Å². The van der Waals surface area contributed by atoms with E-state index in [-0.39, 0.29) is 0 Å². The molecule has 0 amide bonds. The molecule has 1 heterocycles. The molecule has 25 heavy (non-hydrogen) atoms. The van der Waals surface area contributed by atoms with Crippen molar-refractivity contribution in [3.63, 3.8) is 0 Å². The van der Waals surface area contributed by atoms with Gasteiger partial charge in [0.15, 0.2) is 0 Å². The zero-order valence-corrected chi connectivity index (χ0v) is 15.4. The molecule has 4 nitrogen and oxygen atoms in total. The van der Waals surface area contributed by atoms with Gasteiger partial charge < -0.3 is 15.0 Å². The predicted octanol–water partition coefficient (Wildman–Crippen LogP) is 4.31. The van der Waals surface area contributed by atoms with Gasteiger partial charge in [0.05, 0.1) is 0 Å². The Morgan fingerprint density at radius 2 is 2.12 bits per heavy atom. The summed E-state index contributed by atoms with van der Waals surface area (Å²) in [5, 5.41) is 14.6. The first-order chi connectivity index (χ1) is 12.2. The topological polar surface area (TPSA) is 54.3 Å². The normalized spacial score (nSPS) is 18.2. The predicted molar refractivity (Wildman–Crippen MR) is 102 cm³/mol. The van der Waals surface area contributed by atoms with E-state index in [0.29, 0.717) is 12.5 Å². The number of unbranched alkanes of at least 4 members (excludes halogenated alkanes) is 2. The second-order valence-corrected chi connectivity index (χ2v) is 7.18. The highest BCUT2D eigenvalue weighted by Gasteiger charge is 2.29. The van der Waals surface area contributed by atoms with Crippen molar-refractivity contribution in [2.75, 3.05) is 6.54 Å². The average Bonchev–Trinajstić information content (AvgIpc) is 2.94. The number of aliphatic carboxylic acids is 1. The average molecular weight is 342 g/mol. The minimum atomic E-state index is -0.731. The first-order valence-electron chi connectivity index (χ1n) is 9.74. The van der Waals surface area contributed by atoms with Gasteiger partial charge in [-0.3, -0.25) is 0 Å². The molecule has 1 aromatic carbocycles. The summed E-state index contributed by atoms with van der Waals surface area (Å²) in [6.07, 6.45) is 7.42. The largest absolute Gasteiger partial charge is 0.480 e. The lowest BCUT2D eigenvalue weighted by Gasteiger charge is -2.26. The molecular formula is C21H30N2O2. The number of rotatable bonds is 8. The molecule has 2 atom stereocenters. The fraction of sp³-hybridized carbons (Fsp3) is 0.571. The van der Waals surface area contributed by atoms with Crippen LogP contribution in [0.5, 0.6) is 0 Å². The lowest BCUT2D eigenvalue weighted by molar-refractivity contribution is -0.140. The Kier molecular flexibility index (Phi) is 5.79. The summed E-state index contributed by atoms with van der Waals surface area (Å²) in [5.74, 6) is -0.731. The Bertz CT molecular complexity index is 735. The standard InChI is InChI=1S/C21H30N2O2/c1-3-5-8-13-22-15-11-12-20-17(14-15)16-9-6-7-10-19(16)23(20)18(4-2)21(24)25/h6-7,9-10,15,18,22H,3-5,8,11-14H2,1-2H3,(H,24,25). The van der Waals surface area contributed by atoms with Crippen molar-refractivity contribution in [2.45, 2.75) is 70.9 Å². The van der Waals surface area contributed by atoms with Gasteiger partial charge in [0.1, 0.15) is 6.04 Å². The van der Waals surface area contributed by atoms with Crippen LogP contribution in [0.3, 0.4) is 0 Å². The Morgan fingerprint density at radius 3 is 2.84 bits per heavy atom. The lowest BCUT2D eigenvalue weighted by atomic mass is 9.91. The van der Waals surface area contributed by atoms with E-state index in [2.05, 4.69) is 35.0 Å². The van der Waals surface area contributed by atoms with Crippen molar-refractivity contribution in [2.24, 2.45) is 0 Å². The molecule has 0 spiro atoms. The van der Waals surface area contributed by atoms with E-state index in [9.17, 15) is 9.90 Å². The minimum absolute atomic E-state index is 0.470. The number of carboxylic acids is 1. The molecule has 0 saturated heterocycles. The molecule has 0 saturated carbocycles. The van der Waals surface area contributed by atoms with Gasteiger partial charge in [-0.1, -0.05) is 44.9 Å². The maximum atomic E-state index is 11.8. The van der Waals surface area contributed by atoms with E-state index < -0.39 is 12.0 Å². The van der Waals surface area contributed by atoms with Crippen molar-refractivity contribution < 1.29 is 9.90 Å². The minimum Gasteiger partial charge on any atom is -0.480 e. The van der Waals surface area contributed by atoms with Crippen molar-refractivity contribution in [1.29, 1.82) is 0 Å². The molecule has 0 fully saturated rings. The highest BCUT2D eigenvalue weighted by atomic mass is 16.4. The number of para-hydroxylation sites is 1. The molecule has 3 rings (SSSR count). The third kappa shape index (κ3) is 3.59. The molecule has 4 heteroatoms. The first-order valence-corrected chi connectivity index (χ1v) is 9.74. The number of nitrogens with one attached hydrogen (secondary N) is 1. The van der Waals surface area contributed by atoms with Crippen molar-refractivity contribution in [3.8, 4) is 0 Å². The maximum Gasteiger partial charge on any atom is 0.326 e. The van der Waals surface area contributed by atoms with Crippen LogP contribution < -0.4 is 5.32 Å². The molecule has 1 aliphatic carbocycles. The molecule has 1 aromatic heterocycles. The zero-order chi connectivity index (χ0) is 17.8. The molecular weight excluding hydrogens is 312 g/mol. The number of carbonyl (C=O) groups is 1. The van der Waals surface area contributed by atoms with Crippen LogP contribution in [0.4, 0.5) is 0 Å². The quantitative estimate of drug-likeness (QED) is 0.703. The highest BCUT2D eigenvalue weighted by molar-refractivity contribution is 5.88. The number of hydrogen-bond acceptors (Lipinski definition) is 2. The van der Waals surface area contributed by atoms with E-state index in [1.54, 1.807) is 0 Å². The SMILES string of the molecule is CCCCCNC1CCc2c(c3ccccc3n2C(CC)C(=O)O)C1. The number of nitrogens with zero attached hydrogens (tertiary/aromatic N) is 1. The van der Waals surface area contributed by atoms with Crippen molar-refractivity contribution in [3.05, 3.63) is 35.5 Å². The van der Waals surface area contributed by atoms with Gasteiger partial charge >= 0.3 is 5.97 Å². The molecule has 2 aromatic rings. The summed E-state index contributed by atoms with van der Waals surface area (Å²) in [7, 11) is 0. The first kappa shape index (κ1) is 18.0. The van der Waals surface area contributed by atoms with Crippen LogP contribution in [-0.2, 0) is 17.6 Å². The number of aromatic nitrogens is 1. The Hall–Kier alpha value is -1.81. The van der Waals surface area contributed by atoms with E-state index in [0.717, 1.165) is 31.3 Å². The number of hydrogen-bond donors (Lipinski definition) is 2. The summed E-state index contributed by atoms with van der Waals surface area (Å²) in [6.45, 7) is 5.27. The van der Waals surface area contributed by atoms with Gasteiger partial charge in [-0.25, -0.2) is 4.79 Å². The van der Waals surface area contributed by atoms with Crippen LogP contribution in [0.15, 0.2) is 24.3 Å². The lowest BCUT2D eigenvalue weighted by Crippen LogP contribution is -2.35. The fourth-order valence-corrected chi connectivity index (χ4v) is 4.22. The van der Waals surface area contributed by atoms with Gasteiger partial charge in [-0.15, -0.1) is 0 Å². The summed E-state index contributed by atoms with van der Waals surface area (Å²) in [4.78, 5) is 11.8. The number of fused-ring (bicyclic) bond motifs is 3. The Labute approximate surface area is 150 Å². The van der Waals surface area contributed by atoms with Crippen LogP contribution in [0.1, 0.15) is 63.3 Å². The second kappa shape index (κ2) is 8.05. The van der Waals surface area contributed by atoms with Crippen LogP contribution in [0.2, 0.25) is 0 Å². The smallest absolute Gasteiger partial charge is 0.326 e. The van der Waals surface area contributed by atoms with Crippen LogP contribution >= 0.6 is 0 Å². The second-order valence-electron chi connectivity index (χ2n) is 7.18. The molecule has 0 bridgehead atoms. The van der Waals surface area contributed by atoms with Crippen molar-refractivity contribution >= 4 is 16.9 Å². The summed E-state index contributed by atoms with van der Waals surface area (Å²) >= 11 is 0. The monoisotopic (exact) mass is 342 g/mol. The number of benzene rings is 1. The highest BCUT2D eigenvalue weighted by Crippen LogP contribution is 2.35. The Morgan fingerprint density at radius 1 is 1.32 bits per heavy atom. The summed E-state index contributed by atoms with van der Waals surface area (Å²) in [5.41, 5.74) is 3.67. The van der Waals surface area contributed by atoms with Crippen LogP contribution in [0.25, 0.3) is 10.9 Å². The summed E-state index contributed by atoms with van der Waals surface area (Å²) < 4.78 is 2.10. The third-order valence-corrected chi connectivity index (χ3v) is 5.50. The van der Waals surface area contributed by atoms with Gasteiger partial charge in [0, 0.05) is 22.6 Å². The molecule has 2 N–H and O–H groups in total. The Balaban J connectivity index is 1.91. The molecule has 0 aliphatic heterocycles. The molecule has 0 radical (unpaired) electrons. The van der Waals surface area contributed by atoms with E-state index >= 15 is 0 Å².